The van der Waals surface area contributed by atoms with E-state index in [2.05, 4.69) is 0 Å². The largest absolute Gasteiger partial charge is 0.496 e. The highest BCUT2D eigenvalue weighted by atomic mass is 16.5. The van der Waals surface area contributed by atoms with E-state index in [0.717, 1.165) is 28.7 Å². The topological polar surface area (TPSA) is 61.6 Å². The Labute approximate surface area is 124 Å². The summed E-state index contributed by atoms with van der Waals surface area (Å²) in [5.74, 6) is 1.43. The molecule has 0 aliphatic heterocycles. The summed E-state index contributed by atoms with van der Waals surface area (Å²) in [5.41, 5.74) is 9.33. The first kappa shape index (κ1) is 15.1. The third kappa shape index (κ3) is 3.61. The van der Waals surface area contributed by atoms with E-state index in [0.29, 0.717) is 5.75 Å². The average Bonchev–Trinajstić information content (AvgIpc) is 2.52. The van der Waals surface area contributed by atoms with E-state index in [9.17, 15) is 4.79 Å². The van der Waals surface area contributed by atoms with Gasteiger partial charge in [-0.05, 0) is 36.2 Å². The Morgan fingerprint density at radius 2 is 1.90 bits per heavy atom. The molecule has 0 spiro atoms. The molecule has 0 fully saturated rings. The zero-order valence-electron chi connectivity index (χ0n) is 12.2. The van der Waals surface area contributed by atoms with Crippen molar-refractivity contribution in [1.29, 1.82) is 0 Å². The first-order chi connectivity index (χ1) is 10.2. The molecule has 0 aliphatic rings. The van der Waals surface area contributed by atoms with Crippen LogP contribution in [-0.4, -0.2) is 20.0 Å². The fraction of sp³-hybridized carbons (Fsp3) is 0.235. The van der Waals surface area contributed by atoms with Gasteiger partial charge in [0, 0.05) is 5.56 Å². The molecule has 2 aromatic rings. The summed E-state index contributed by atoms with van der Waals surface area (Å²) in [6.07, 6.45) is 0.719. The van der Waals surface area contributed by atoms with Crippen molar-refractivity contribution < 1.29 is 14.3 Å². The maximum atomic E-state index is 10.3. The highest BCUT2D eigenvalue weighted by Gasteiger charge is 2.14. The fourth-order valence-electron chi connectivity index (χ4n) is 2.16. The Morgan fingerprint density at radius 3 is 2.52 bits per heavy atom. The Balaban J connectivity index is 2.23. The van der Waals surface area contributed by atoms with Gasteiger partial charge in [-0.25, -0.2) is 0 Å². The predicted octanol–water partition coefficient (Wildman–Crippen LogP) is 2.63. The molecular formula is C17H19NO3. The summed E-state index contributed by atoms with van der Waals surface area (Å²) < 4.78 is 10.6. The molecule has 4 heteroatoms. The average molecular weight is 285 g/mol. The maximum absolute atomic E-state index is 10.3. The van der Waals surface area contributed by atoms with Gasteiger partial charge in [-0.3, -0.25) is 4.79 Å². The van der Waals surface area contributed by atoms with Crippen molar-refractivity contribution in [3.05, 3.63) is 59.2 Å². The number of aryl methyl sites for hydroxylation is 1. The number of hydrogen-bond acceptors (Lipinski definition) is 4. The summed E-state index contributed by atoms with van der Waals surface area (Å²) >= 11 is 0. The molecular weight excluding hydrogens is 266 g/mol. The minimum Gasteiger partial charge on any atom is -0.496 e. The molecule has 21 heavy (non-hydrogen) atoms. The van der Waals surface area contributed by atoms with E-state index < -0.39 is 0 Å². The van der Waals surface area contributed by atoms with Gasteiger partial charge in [0.25, 0.3) is 0 Å². The van der Waals surface area contributed by atoms with Crippen LogP contribution in [0.3, 0.4) is 0 Å². The van der Waals surface area contributed by atoms with Crippen molar-refractivity contribution in [2.24, 2.45) is 5.73 Å². The minimum atomic E-state index is -0.277. The zero-order valence-corrected chi connectivity index (χ0v) is 12.2. The van der Waals surface area contributed by atoms with Crippen molar-refractivity contribution in [2.75, 3.05) is 13.7 Å². The number of benzene rings is 2. The Hall–Kier alpha value is -2.33. The zero-order chi connectivity index (χ0) is 15.2. The van der Waals surface area contributed by atoms with Crippen LogP contribution in [0.15, 0.2) is 42.5 Å². The number of methoxy groups -OCH3 is 1. The lowest BCUT2D eigenvalue weighted by atomic mass is 9.97. The highest BCUT2D eigenvalue weighted by molar-refractivity contribution is 5.51. The molecule has 1 atom stereocenters. The van der Waals surface area contributed by atoms with Crippen LogP contribution < -0.4 is 15.2 Å². The fourth-order valence-corrected chi connectivity index (χ4v) is 2.16. The number of hydrogen-bond donors (Lipinski definition) is 1. The van der Waals surface area contributed by atoms with Crippen molar-refractivity contribution in [3.63, 3.8) is 0 Å². The first-order valence-corrected chi connectivity index (χ1v) is 6.72. The van der Waals surface area contributed by atoms with Crippen LogP contribution in [0.4, 0.5) is 0 Å². The molecule has 0 bridgehead atoms. The summed E-state index contributed by atoms with van der Waals surface area (Å²) in [6, 6.07) is 13.1. The van der Waals surface area contributed by atoms with Gasteiger partial charge in [0.1, 0.15) is 18.1 Å². The summed E-state index contributed by atoms with van der Waals surface area (Å²) in [5, 5.41) is 0. The number of carbonyl (C=O) groups is 1. The van der Waals surface area contributed by atoms with E-state index in [1.807, 2.05) is 37.3 Å². The number of rotatable bonds is 6. The molecule has 0 aromatic heterocycles. The van der Waals surface area contributed by atoms with Crippen molar-refractivity contribution in [2.45, 2.75) is 13.0 Å². The maximum Gasteiger partial charge on any atom is 0.157 e. The van der Waals surface area contributed by atoms with E-state index in [-0.39, 0.29) is 12.6 Å². The van der Waals surface area contributed by atoms with Crippen molar-refractivity contribution in [3.8, 4) is 11.5 Å². The van der Waals surface area contributed by atoms with E-state index in [1.165, 1.54) is 0 Å². The van der Waals surface area contributed by atoms with Gasteiger partial charge in [0.15, 0.2) is 6.29 Å². The van der Waals surface area contributed by atoms with Gasteiger partial charge in [-0.1, -0.05) is 24.3 Å². The number of carbonyl (C=O) groups excluding carboxylic acids is 1. The van der Waals surface area contributed by atoms with Crippen LogP contribution >= 0.6 is 0 Å². The monoisotopic (exact) mass is 285 g/mol. The molecule has 0 heterocycles. The van der Waals surface area contributed by atoms with Gasteiger partial charge < -0.3 is 15.2 Å². The Morgan fingerprint density at radius 1 is 1.19 bits per heavy atom. The quantitative estimate of drug-likeness (QED) is 0.829. The summed E-state index contributed by atoms with van der Waals surface area (Å²) in [6.45, 7) is 2.06. The standard InChI is InChI=1S/C17H19NO3/c1-12-3-8-15(16(11-12)20-2)17(18)13-4-6-14(7-5-13)21-10-9-19/h3-9,11,17H,10,18H2,1-2H3. The van der Waals surface area contributed by atoms with E-state index in [4.69, 9.17) is 15.2 Å². The van der Waals surface area contributed by atoms with Gasteiger partial charge >= 0.3 is 0 Å². The Kier molecular flexibility index (Phi) is 4.95. The second-order valence-electron chi connectivity index (χ2n) is 4.77. The van der Waals surface area contributed by atoms with Crippen molar-refractivity contribution >= 4 is 6.29 Å². The first-order valence-electron chi connectivity index (χ1n) is 6.72. The smallest absolute Gasteiger partial charge is 0.157 e. The van der Waals surface area contributed by atoms with Crippen LogP contribution in [-0.2, 0) is 4.79 Å². The van der Waals surface area contributed by atoms with E-state index >= 15 is 0 Å². The molecule has 110 valence electrons. The minimum absolute atomic E-state index is 0.0528. The van der Waals surface area contributed by atoms with Crippen LogP contribution in [0.5, 0.6) is 11.5 Å². The number of nitrogens with two attached hydrogens (primary N) is 1. The molecule has 1 unspecified atom stereocenters. The summed E-state index contributed by atoms with van der Waals surface area (Å²) in [7, 11) is 1.64. The van der Waals surface area contributed by atoms with Crippen LogP contribution in [0.1, 0.15) is 22.7 Å². The van der Waals surface area contributed by atoms with E-state index in [1.54, 1.807) is 19.2 Å². The lowest BCUT2D eigenvalue weighted by Gasteiger charge is -2.17. The van der Waals surface area contributed by atoms with Crippen LogP contribution in [0.2, 0.25) is 0 Å². The third-order valence-corrected chi connectivity index (χ3v) is 3.28. The second kappa shape index (κ2) is 6.90. The SMILES string of the molecule is COc1cc(C)ccc1C(N)c1ccc(OCC=O)cc1. The second-order valence-corrected chi connectivity index (χ2v) is 4.77. The predicted molar refractivity (Wildman–Crippen MR) is 81.8 cm³/mol. The molecule has 0 saturated heterocycles. The van der Waals surface area contributed by atoms with Gasteiger partial charge in [0.2, 0.25) is 0 Å². The number of ether oxygens (including phenoxy) is 2. The van der Waals surface area contributed by atoms with Crippen LogP contribution in [0.25, 0.3) is 0 Å². The van der Waals surface area contributed by atoms with Gasteiger partial charge in [-0.15, -0.1) is 0 Å². The lowest BCUT2D eigenvalue weighted by molar-refractivity contribution is -0.109. The molecule has 0 amide bonds. The highest BCUT2D eigenvalue weighted by Crippen LogP contribution is 2.29. The molecule has 0 saturated carbocycles. The normalized spacial score (nSPS) is 11.8. The van der Waals surface area contributed by atoms with Crippen LogP contribution in [0, 0.1) is 6.92 Å². The Bertz CT molecular complexity index is 608. The molecule has 2 N–H and O–H groups in total. The number of aldehydes is 1. The van der Waals surface area contributed by atoms with Gasteiger partial charge in [0.05, 0.1) is 13.2 Å². The summed E-state index contributed by atoms with van der Waals surface area (Å²) in [4.78, 5) is 10.3. The molecule has 4 nitrogen and oxygen atoms in total. The van der Waals surface area contributed by atoms with Crippen molar-refractivity contribution in [1.82, 2.24) is 0 Å². The lowest BCUT2D eigenvalue weighted by Crippen LogP contribution is -2.13. The molecule has 2 rings (SSSR count). The molecule has 2 aromatic carbocycles. The molecule has 0 radical (unpaired) electrons. The third-order valence-electron chi connectivity index (χ3n) is 3.28. The molecule has 0 aliphatic carbocycles. The van der Waals surface area contributed by atoms with Gasteiger partial charge in [-0.2, -0.15) is 0 Å².